The molecule has 0 aromatic heterocycles. The monoisotopic (exact) mass is 345 g/mol. The first-order valence-electron chi connectivity index (χ1n) is 6.97. The number of halogens is 1. The van der Waals surface area contributed by atoms with Crippen molar-refractivity contribution in [1.29, 1.82) is 0 Å². The van der Waals surface area contributed by atoms with Gasteiger partial charge in [0.25, 0.3) is 0 Å². The molecule has 0 unspecified atom stereocenters. The molecule has 1 heterocycles. The predicted molar refractivity (Wildman–Crippen MR) is 87.7 cm³/mol. The summed E-state index contributed by atoms with van der Waals surface area (Å²) in [7, 11) is -1.60. The highest BCUT2D eigenvalue weighted by molar-refractivity contribution is 7.92. The summed E-state index contributed by atoms with van der Waals surface area (Å²) in [6.45, 7) is 2.56. The Morgan fingerprint density at radius 2 is 1.82 bits per heavy atom. The molecule has 1 amide bonds. The zero-order valence-electron chi connectivity index (χ0n) is 12.7. The molecule has 0 spiro atoms. The van der Waals surface area contributed by atoms with E-state index in [2.05, 4.69) is 4.90 Å². The first-order chi connectivity index (χ1) is 10.3. The van der Waals surface area contributed by atoms with E-state index < -0.39 is 10.0 Å². The Morgan fingerprint density at radius 1 is 1.23 bits per heavy atom. The van der Waals surface area contributed by atoms with Crippen LogP contribution in [-0.4, -0.2) is 70.2 Å². The molecule has 8 heteroatoms. The molecule has 0 saturated carbocycles. The highest BCUT2D eigenvalue weighted by Gasteiger charge is 2.26. The molecule has 0 aliphatic carbocycles. The molecule has 22 heavy (non-hydrogen) atoms. The van der Waals surface area contributed by atoms with E-state index in [1.54, 1.807) is 29.2 Å². The van der Waals surface area contributed by atoms with Crippen molar-refractivity contribution in [3.8, 4) is 0 Å². The van der Waals surface area contributed by atoms with E-state index in [1.165, 1.54) is 0 Å². The van der Waals surface area contributed by atoms with Crippen LogP contribution in [0.25, 0.3) is 0 Å². The smallest absolute Gasteiger partial charge is 0.243 e. The van der Waals surface area contributed by atoms with E-state index >= 15 is 0 Å². The summed E-state index contributed by atoms with van der Waals surface area (Å²) in [5.74, 6) is -0.210. The van der Waals surface area contributed by atoms with Gasteiger partial charge in [-0.3, -0.25) is 9.10 Å². The lowest BCUT2D eigenvalue weighted by Crippen LogP contribution is -2.50. The van der Waals surface area contributed by atoms with Crippen molar-refractivity contribution in [1.82, 2.24) is 9.80 Å². The number of hydrogen-bond donors (Lipinski definition) is 0. The van der Waals surface area contributed by atoms with E-state index in [1.807, 2.05) is 7.05 Å². The van der Waals surface area contributed by atoms with Gasteiger partial charge in [-0.15, -0.1) is 0 Å². The number of nitrogens with zero attached hydrogens (tertiary/aromatic N) is 3. The molecular weight excluding hydrogens is 326 g/mol. The Kier molecular flexibility index (Phi) is 5.31. The van der Waals surface area contributed by atoms with Gasteiger partial charge in [0.2, 0.25) is 15.9 Å². The number of carbonyl (C=O) groups is 1. The number of anilines is 1. The molecular formula is C14H20ClN3O3S. The first kappa shape index (κ1) is 17.1. The number of piperazine rings is 1. The number of sulfonamides is 1. The summed E-state index contributed by atoms with van der Waals surface area (Å²) >= 11 is 6.08. The van der Waals surface area contributed by atoms with Gasteiger partial charge >= 0.3 is 0 Å². The van der Waals surface area contributed by atoms with Crippen LogP contribution < -0.4 is 4.31 Å². The predicted octanol–water partition coefficient (Wildman–Crippen LogP) is 0.880. The van der Waals surface area contributed by atoms with Crippen LogP contribution >= 0.6 is 11.6 Å². The minimum Gasteiger partial charge on any atom is -0.339 e. The standard InChI is InChI=1S/C14H20ClN3O3S/c1-16-7-9-17(10-8-16)14(19)11-18(22(2,20)21)13-6-4-3-5-12(13)15/h3-6H,7-11H2,1-2H3. The third-order valence-electron chi connectivity index (χ3n) is 3.66. The highest BCUT2D eigenvalue weighted by Crippen LogP contribution is 2.27. The Morgan fingerprint density at radius 3 is 2.36 bits per heavy atom. The van der Waals surface area contributed by atoms with Crippen molar-refractivity contribution in [2.45, 2.75) is 0 Å². The van der Waals surface area contributed by atoms with Crippen molar-refractivity contribution in [2.75, 3.05) is 50.3 Å². The molecule has 1 fully saturated rings. The summed E-state index contributed by atoms with van der Waals surface area (Å²) in [4.78, 5) is 16.2. The van der Waals surface area contributed by atoms with Gasteiger partial charge in [0.15, 0.2) is 0 Å². The fourth-order valence-electron chi connectivity index (χ4n) is 2.31. The van der Waals surface area contributed by atoms with Gasteiger partial charge in [-0.25, -0.2) is 8.42 Å². The van der Waals surface area contributed by atoms with Crippen molar-refractivity contribution in [2.24, 2.45) is 0 Å². The minimum atomic E-state index is -3.59. The number of benzene rings is 1. The third kappa shape index (κ3) is 4.12. The lowest BCUT2D eigenvalue weighted by Gasteiger charge is -2.34. The second-order valence-corrected chi connectivity index (χ2v) is 7.72. The fourth-order valence-corrected chi connectivity index (χ4v) is 3.46. The molecule has 1 aliphatic heterocycles. The summed E-state index contributed by atoms with van der Waals surface area (Å²) in [6, 6.07) is 6.62. The first-order valence-corrected chi connectivity index (χ1v) is 9.20. The number of amides is 1. The van der Waals surface area contributed by atoms with E-state index in [4.69, 9.17) is 11.6 Å². The zero-order valence-corrected chi connectivity index (χ0v) is 14.3. The number of hydrogen-bond acceptors (Lipinski definition) is 4. The second kappa shape index (κ2) is 6.85. The van der Waals surface area contributed by atoms with Gasteiger partial charge in [-0.1, -0.05) is 23.7 Å². The summed E-state index contributed by atoms with van der Waals surface area (Å²) in [6.07, 6.45) is 1.08. The van der Waals surface area contributed by atoms with Crippen LogP contribution in [0.2, 0.25) is 5.02 Å². The van der Waals surface area contributed by atoms with Crippen LogP contribution in [-0.2, 0) is 14.8 Å². The third-order valence-corrected chi connectivity index (χ3v) is 5.10. The Hall–Kier alpha value is -1.31. The number of rotatable bonds is 4. The quantitative estimate of drug-likeness (QED) is 0.812. The summed E-state index contributed by atoms with van der Waals surface area (Å²) < 4.78 is 25.2. The molecule has 0 radical (unpaired) electrons. The van der Waals surface area contributed by atoms with Crippen molar-refractivity contribution < 1.29 is 13.2 Å². The lowest BCUT2D eigenvalue weighted by atomic mass is 10.3. The molecule has 122 valence electrons. The number of likely N-dealkylation sites (N-methyl/N-ethyl adjacent to an activating group) is 1. The van der Waals surface area contributed by atoms with Crippen LogP contribution in [0.15, 0.2) is 24.3 Å². The topological polar surface area (TPSA) is 60.9 Å². The van der Waals surface area contributed by atoms with E-state index in [0.717, 1.165) is 23.7 Å². The van der Waals surface area contributed by atoms with E-state index in [9.17, 15) is 13.2 Å². The molecule has 1 saturated heterocycles. The van der Waals surface area contributed by atoms with Crippen LogP contribution in [0.3, 0.4) is 0 Å². The van der Waals surface area contributed by atoms with Gasteiger partial charge in [-0.05, 0) is 19.2 Å². The minimum absolute atomic E-state index is 0.210. The molecule has 0 bridgehead atoms. The highest BCUT2D eigenvalue weighted by atomic mass is 35.5. The largest absolute Gasteiger partial charge is 0.339 e. The van der Waals surface area contributed by atoms with E-state index in [-0.39, 0.29) is 12.5 Å². The average Bonchev–Trinajstić information content (AvgIpc) is 2.45. The average molecular weight is 346 g/mol. The van der Waals surface area contributed by atoms with Gasteiger partial charge < -0.3 is 9.80 Å². The maximum absolute atomic E-state index is 12.4. The van der Waals surface area contributed by atoms with Crippen molar-refractivity contribution in [3.05, 3.63) is 29.3 Å². The van der Waals surface area contributed by atoms with Crippen molar-refractivity contribution >= 4 is 33.2 Å². The van der Waals surface area contributed by atoms with Crippen LogP contribution in [0, 0.1) is 0 Å². The van der Waals surface area contributed by atoms with E-state index in [0.29, 0.717) is 23.8 Å². The Balaban J connectivity index is 2.18. The van der Waals surface area contributed by atoms with Crippen LogP contribution in [0.4, 0.5) is 5.69 Å². The normalized spacial score (nSPS) is 16.6. The number of para-hydroxylation sites is 1. The lowest BCUT2D eigenvalue weighted by molar-refractivity contribution is -0.131. The molecule has 6 nitrogen and oxygen atoms in total. The molecule has 1 aromatic carbocycles. The van der Waals surface area contributed by atoms with Gasteiger partial charge in [0.05, 0.1) is 17.0 Å². The summed E-state index contributed by atoms with van der Waals surface area (Å²) in [5.41, 5.74) is 0.328. The summed E-state index contributed by atoms with van der Waals surface area (Å²) in [5, 5.41) is 0.305. The molecule has 1 aromatic rings. The maximum atomic E-state index is 12.4. The van der Waals surface area contributed by atoms with Gasteiger partial charge in [-0.2, -0.15) is 0 Å². The molecule has 0 atom stereocenters. The fraction of sp³-hybridized carbons (Fsp3) is 0.500. The molecule has 1 aliphatic rings. The SMILES string of the molecule is CN1CCN(C(=O)CN(c2ccccc2Cl)S(C)(=O)=O)CC1. The maximum Gasteiger partial charge on any atom is 0.243 e. The van der Waals surface area contributed by atoms with Crippen LogP contribution in [0.1, 0.15) is 0 Å². The van der Waals surface area contributed by atoms with Gasteiger partial charge in [0, 0.05) is 26.2 Å². The zero-order chi connectivity index (χ0) is 16.3. The molecule has 0 N–H and O–H groups in total. The van der Waals surface area contributed by atoms with Crippen LogP contribution in [0.5, 0.6) is 0 Å². The van der Waals surface area contributed by atoms with Gasteiger partial charge in [0.1, 0.15) is 6.54 Å². The Bertz CT molecular complexity index is 642. The van der Waals surface area contributed by atoms with Crippen molar-refractivity contribution in [3.63, 3.8) is 0 Å². The number of carbonyl (C=O) groups excluding carboxylic acids is 1. The second-order valence-electron chi connectivity index (χ2n) is 5.41. The Labute approximate surface area is 136 Å². The molecule has 2 rings (SSSR count).